The van der Waals surface area contributed by atoms with E-state index in [0.29, 0.717) is 5.78 Å². The van der Waals surface area contributed by atoms with E-state index in [0.717, 1.165) is 12.3 Å². The van der Waals surface area contributed by atoms with E-state index in [1.54, 1.807) is 6.92 Å². The highest BCUT2D eigenvalue weighted by atomic mass is 16.1. The molecule has 0 radical (unpaired) electrons. The first-order valence-corrected chi connectivity index (χ1v) is 13.7. The van der Waals surface area contributed by atoms with Crippen molar-refractivity contribution in [1.29, 1.82) is 0 Å². The molecule has 2 heteroatoms. The van der Waals surface area contributed by atoms with Crippen LogP contribution in [0.3, 0.4) is 0 Å². The number of aromatic nitrogens is 1. The highest BCUT2D eigenvalue weighted by Crippen LogP contribution is 2.28. The fourth-order valence-electron chi connectivity index (χ4n) is 5.36. The summed E-state index contributed by atoms with van der Waals surface area (Å²) >= 11 is 0. The number of hydrogen-bond donors (Lipinski definition) is 0. The smallest absolute Gasteiger partial charge is 0.130 e. The number of para-hydroxylation sites is 1. The van der Waals surface area contributed by atoms with Gasteiger partial charge in [-0.25, -0.2) is 0 Å². The number of hydrogen-bond acceptors (Lipinski definition) is 1. The van der Waals surface area contributed by atoms with Gasteiger partial charge in [-0.3, -0.25) is 0 Å². The largest absolute Gasteiger partial charge is 0.344 e. The molecule has 3 aromatic rings. The summed E-state index contributed by atoms with van der Waals surface area (Å²) < 4.78 is 2.30. The first-order chi connectivity index (χ1) is 16.6. The summed E-state index contributed by atoms with van der Waals surface area (Å²) in [5, 5.41) is 1.31. The maximum absolute atomic E-state index is 10.8. The molecule has 0 unspecified atom stereocenters. The van der Waals surface area contributed by atoms with Gasteiger partial charge in [0.15, 0.2) is 0 Å². The van der Waals surface area contributed by atoms with Crippen LogP contribution in [0.4, 0.5) is 0 Å². The van der Waals surface area contributed by atoms with Crippen molar-refractivity contribution in [2.75, 3.05) is 0 Å². The lowest BCUT2D eigenvalue weighted by Gasteiger charge is -2.10. The standard InChI is InChI=1S/C22H27N.C10H18O/c1-3-4-5-6-7-11-18-12-10-14-19(16-18)22-17-20-13-8-9-15-21(20)23(22)2;1-9(11)8-10-6-4-2-3-5-7-10/h8-10,12-17H,3-7,11H2,1-2H3;10H,2-8H2,1H3. The zero-order valence-electron chi connectivity index (χ0n) is 21.8. The van der Waals surface area contributed by atoms with Gasteiger partial charge >= 0.3 is 0 Å². The number of rotatable bonds is 9. The highest BCUT2D eigenvalue weighted by Gasteiger charge is 2.13. The molecule has 1 fully saturated rings. The van der Waals surface area contributed by atoms with E-state index in [4.69, 9.17) is 0 Å². The monoisotopic (exact) mass is 459 g/mol. The molecule has 2 aromatic carbocycles. The molecule has 0 spiro atoms. The number of aryl methyl sites for hydroxylation is 2. The average Bonchev–Trinajstić information content (AvgIpc) is 2.98. The van der Waals surface area contributed by atoms with Gasteiger partial charge in [0.1, 0.15) is 5.78 Å². The van der Waals surface area contributed by atoms with Gasteiger partial charge in [0.2, 0.25) is 0 Å². The van der Waals surface area contributed by atoms with Crippen molar-refractivity contribution < 1.29 is 4.79 Å². The van der Waals surface area contributed by atoms with Gasteiger partial charge in [-0.2, -0.15) is 0 Å². The Morgan fingerprint density at radius 2 is 1.62 bits per heavy atom. The Bertz CT molecular complexity index is 1010. The topological polar surface area (TPSA) is 22.0 Å². The third-order valence-corrected chi connectivity index (χ3v) is 7.29. The number of Topliss-reactive ketones (excluding diaryl/α,β-unsaturated/α-hetero) is 1. The van der Waals surface area contributed by atoms with Gasteiger partial charge in [0.25, 0.3) is 0 Å². The number of carbonyl (C=O) groups excluding carboxylic acids is 1. The van der Waals surface area contributed by atoms with E-state index in [1.165, 1.54) is 105 Å². The van der Waals surface area contributed by atoms with Crippen molar-refractivity contribution >= 4 is 16.7 Å². The van der Waals surface area contributed by atoms with Crippen molar-refractivity contribution in [3.63, 3.8) is 0 Å². The Balaban J connectivity index is 0.000000248. The lowest BCUT2D eigenvalue weighted by molar-refractivity contribution is -0.118. The molecular weight excluding hydrogens is 414 g/mol. The van der Waals surface area contributed by atoms with Gasteiger partial charge in [-0.15, -0.1) is 0 Å². The molecule has 4 rings (SSSR count). The predicted molar refractivity (Wildman–Crippen MR) is 147 cm³/mol. The summed E-state index contributed by atoms with van der Waals surface area (Å²) in [6.07, 6.45) is 16.8. The summed E-state index contributed by atoms with van der Waals surface area (Å²) in [5.74, 6) is 1.09. The number of nitrogens with zero attached hydrogens (tertiary/aromatic N) is 1. The Labute approximate surface area is 207 Å². The molecule has 1 aromatic heterocycles. The number of carbonyl (C=O) groups is 1. The molecule has 1 aliphatic carbocycles. The van der Waals surface area contributed by atoms with Crippen LogP contribution >= 0.6 is 0 Å². The van der Waals surface area contributed by atoms with Crippen LogP contribution in [-0.2, 0) is 18.3 Å². The fraction of sp³-hybridized carbons (Fsp3) is 0.531. The van der Waals surface area contributed by atoms with E-state index in [1.807, 2.05) is 0 Å². The van der Waals surface area contributed by atoms with Gasteiger partial charge in [-0.05, 0) is 55.0 Å². The Morgan fingerprint density at radius 3 is 2.32 bits per heavy atom. The minimum atomic E-state index is 0.372. The van der Waals surface area contributed by atoms with E-state index >= 15 is 0 Å². The Kier molecular flexibility index (Phi) is 10.9. The molecule has 34 heavy (non-hydrogen) atoms. The molecule has 2 nitrogen and oxygen atoms in total. The SMILES string of the molecule is CC(=O)CC1CCCCCC1.CCCCCCCc1cccc(-c2cc3ccccc3n2C)c1. The van der Waals surface area contributed by atoms with Crippen LogP contribution in [0.2, 0.25) is 0 Å². The minimum Gasteiger partial charge on any atom is -0.344 e. The van der Waals surface area contributed by atoms with Gasteiger partial charge in [-0.1, -0.05) is 108 Å². The molecule has 184 valence electrons. The zero-order valence-corrected chi connectivity index (χ0v) is 21.8. The third kappa shape index (κ3) is 8.15. The maximum atomic E-state index is 10.8. The average molecular weight is 460 g/mol. The van der Waals surface area contributed by atoms with Crippen molar-refractivity contribution in [1.82, 2.24) is 4.57 Å². The first kappa shape index (κ1) is 26.3. The van der Waals surface area contributed by atoms with E-state index in [9.17, 15) is 4.79 Å². The first-order valence-electron chi connectivity index (χ1n) is 13.7. The predicted octanol–water partition coefficient (Wildman–Crippen LogP) is 9.29. The molecule has 0 bridgehead atoms. The lowest BCUT2D eigenvalue weighted by atomic mass is 9.95. The van der Waals surface area contributed by atoms with Crippen molar-refractivity contribution in [2.45, 2.75) is 97.3 Å². The van der Waals surface area contributed by atoms with Crippen molar-refractivity contribution in [3.8, 4) is 11.3 Å². The molecular formula is C32H45NO. The van der Waals surface area contributed by atoms with Gasteiger partial charge in [0, 0.05) is 30.1 Å². The summed E-state index contributed by atoms with van der Waals surface area (Å²) in [6, 6.07) is 20.0. The zero-order chi connectivity index (χ0) is 24.2. The highest BCUT2D eigenvalue weighted by molar-refractivity contribution is 5.87. The molecule has 0 amide bonds. The van der Waals surface area contributed by atoms with Gasteiger partial charge < -0.3 is 9.36 Å². The number of ketones is 1. The van der Waals surface area contributed by atoms with Gasteiger partial charge in [0.05, 0.1) is 0 Å². The molecule has 1 aliphatic rings. The maximum Gasteiger partial charge on any atom is 0.130 e. The molecule has 1 heterocycles. The normalized spacial score (nSPS) is 14.4. The molecule has 0 N–H and O–H groups in total. The quantitative estimate of drug-likeness (QED) is 0.231. The van der Waals surface area contributed by atoms with E-state index in [-0.39, 0.29) is 0 Å². The Morgan fingerprint density at radius 1 is 0.882 bits per heavy atom. The van der Waals surface area contributed by atoms with Crippen LogP contribution in [-0.4, -0.2) is 10.4 Å². The molecule has 1 saturated carbocycles. The van der Waals surface area contributed by atoms with Crippen LogP contribution in [0.5, 0.6) is 0 Å². The summed E-state index contributed by atoms with van der Waals surface area (Å²) in [7, 11) is 2.16. The van der Waals surface area contributed by atoms with Crippen LogP contribution in [0, 0.1) is 5.92 Å². The Hall–Kier alpha value is -2.35. The summed E-state index contributed by atoms with van der Waals surface area (Å²) in [5.41, 5.74) is 5.39. The van der Waals surface area contributed by atoms with Crippen molar-refractivity contribution in [3.05, 3.63) is 60.2 Å². The van der Waals surface area contributed by atoms with Crippen molar-refractivity contribution in [2.24, 2.45) is 13.0 Å². The summed E-state index contributed by atoms with van der Waals surface area (Å²) in [4.78, 5) is 10.8. The van der Waals surface area contributed by atoms with Crippen LogP contribution < -0.4 is 0 Å². The number of benzene rings is 2. The van der Waals surface area contributed by atoms with E-state index < -0.39 is 0 Å². The second-order valence-corrected chi connectivity index (χ2v) is 10.3. The minimum absolute atomic E-state index is 0.372. The fourth-order valence-corrected chi connectivity index (χ4v) is 5.36. The number of fused-ring (bicyclic) bond motifs is 1. The second-order valence-electron chi connectivity index (χ2n) is 10.3. The second kappa shape index (κ2) is 14.1. The molecule has 0 aliphatic heterocycles. The number of unbranched alkanes of at least 4 members (excludes halogenated alkanes) is 4. The third-order valence-electron chi connectivity index (χ3n) is 7.29. The molecule has 0 saturated heterocycles. The summed E-state index contributed by atoms with van der Waals surface area (Å²) in [6.45, 7) is 3.98. The van der Waals surface area contributed by atoms with E-state index in [2.05, 4.69) is 73.1 Å². The molecule has 0 atom stereocenters. The van der Waals surface area contributed by atoms with Crippen LogP contribution in [0.1, 0.15) is 96.5 Å². The van der Waals surface area contributed by atoms with Crippen LogP contribution in [0.25, 0.3) is 22.2 Å². The lowest BCUT2D eigenvalue weighted by Crippen LogP contribution is -2.04. The van der Waals surface area contributed by atoms with Crippen LogP contribution in [0.15, 0.2) is 54.6 Å².